The number of carbonyl (C=O) groups is 2. The van der Waals surface area contributed by atoms with Crippen LogP contribution in [0, 0.1) is 6.92 Å². The molecule has 0 radical (unpaired) electrons. The van der Waals surface area contributed by atoms with Crippen molar-refractivity contribution in [3.63, 3.8) is 0 Å². The van der Waals surface area contributed by atoms with Gasteiger partial charge in [-0.1, -0.05) is 13.0 Å². The largest absolute Gasteiger partial charge is 0.465 e. The van der Waals surface area contributed by atoms with Gasteiger partial charge in [0, 0.05) is 10.6 Å². The van der Waals surface area contributed by atoms with Crippen molar-refractivity contribution in [2.24, 2.45) is 0 Å². The SMILES string of the molecule is CCc1cc2c(=O)n(CC(=O)Nc3cc(C(=O)OC)ccc3C)cnc2s1. The van der Waals surface area contributed by atoms with Crippen molar-refractivity contribution in [1.82, 2.24) is 9.55 Å². The predicted octanol–water partition coefficient (Wildman–Crippen LogP) is 2.75. The summed E-state index contributed by atoms with van der Waals surface area (Å²) in [7, 11) is 1.30. The number of benzene rings is 1. The summed E-state index contributed by atoms with van der Waals surface area (Å²) in [6.07, 6.45) is 2.22. The molecule has 7 nitrogen and oxygen atoms in total. The first-order valence-electron chi connectivity index (χ1n) is 8.39. The van der Waals surface area contributed by atoms with Gasteiger partial charge in [0.25, 0.3) is 5.56 Å². The second kappa shape index (κ2) is 7.71. The Morgan fingerprint density at radius 1 is 1.30 bits per heavy atom. The maximum Gasteiger partial charge on any atom is 0.337 e. The van der Waals surface area contributed by atoms with Gasteiger partial charge in [0.15, 0.2) is 0 Å². The molecule has 0 fully saturated rings. The molecular weight excluding hydrogens is 366 g/mol. The van der Waals surface area contributed by atoms with Crippen LogP contribution < -0.4 is 10.9 Å². The van der Waals surface area contributed by atoms with E-state index in [9.17, 15) is 14.4 Å². The first-order valence-corrected chi connectivity index (χ1v) is 9.21. The lowest BCUT2D eigenvalue weighted by Gasteiger charge is -2.11. The van der Waals surface area contributed by atoms with Crippen molar-refractivity contribution in [2.45, 2.75) is 26.8 Å². The summed E-state index contributed by atoms with van der Waals surface area (Å²) in [5.41, 5.74) is 1.38. The third kappa shape index (κ3) is 3.90. The molecule has 2 aromatic heterocycles. The minimum atomic E-state index is -0.486. The van der Waals surface area contributed by atoms with E-state index in [2.05, 4.69) is 10.3 Å². The van der Waals surface area contributed by atoms with E-state index in [1.807, 2.05) is 19.9 Å². The highest BCUT2D eigenvalue weighted by molar-refractivity contribution is 7.18. The van der Waals surface area contributed by atoms with Crippen LogP contribution in [0.2, 0.25) is 0 Å². The number of nitrogens with zero attached hydrogens (tertiary/aromatic N) is 2. The van der Waals surface area contributed by atoms with Gasteiger partial charge in [0.2, 0.25) is 5.91 Å². The van der Waals surface area contributed by atoms with Gasteiger partial charge >= 0.3 is 5.97 Å². The number of nitrogens with one attached hydrogen (secondary N) is 1. The summed E-state index contributed by atoms with van der Waals surface area (Å²) in [6.45, 7) is 3.66. The van der Waals surface area contributed by atoms with Crippen LogP contribution >= 0.6 is 11.3 Å². The minimum absolute atomic E-state index is 0.166. The fourth-order valence-corrected chi connectivity index (χ4v) is 3.57. The summed E-state index contributed by atoms with van der Waals surface area (Å²) in [5, 5.41) is 3.26. The molecule has 1 amide bonds. The highest BCUT2D eigenvalue weighted by atomic mass is 32.1. The summed E-state index contributed by atoms with van der Waals surface area (Å²) in [6, 6.07) is 6.73. The first-order chi connectivity index (χ1) is 12.9. The Balaban J connectivity index is 1.82. The van der Waals surface area contributed by atoms with E-state index in [-0.39, 0.29) is 18.0 Å². The molecule has 3 rings (SSSR count). The number of carbonyl (C=O) groups excluding carboxylic acids is 2. The fraction of sp³-hybridized carbons (Fsp3) is 0.263. The van der Waals surface area contributed by atoms with Crippen LogP contribution in [0.1, 0.15) is 27.7 Å². The molecule has 3 aromatic rings. The maximum absolute atomic E-state index is 12.6. The van der Waals surface area contributed by atoms with Crippen LogP contribution in [0.15, 0.2) is 35.4 Å². The topological polar surface area (TPSA) is 90.3 Å². The van der Waals surface area contributed by atoms with Gasteiger partial charge in [-0.3, -0.25) is 14.2 Å². The molecule has 140 valence electrons. The van der Waals surface area contributed by atoms with Crippen molar-refractivity contribution >= 4 is 39.1 Å². The van der Waals surface area contributed by atoms with E-state index in [0.717, 1.165) is 16.9 Å². The Kier molecular flexibility index (Phi) is 5.36. The zero-order chi connectivity index (χ0) is 19.6. The second-order valence-electron chi connectivity index (χ2n) is 6.03. The number of methoxy groups -OCH3 is 1. The Bertz CT molecular complexity index is 1080. The van der Waals surface area contributed by atoms with Crippen molar-refractivity contribution in [3.8, 4) is 0 Å². The Hall–Kier alpha value is -3.00. The highest BCUT2D eigenvalue weighted by Crippen LogP contribution is 2.21. The lowest BCUT2D eigenvalue weighted by molar-refractivity contribution is -0.116. The molecule has 0 unspecified atom stereocenters. The average Bonchev–Trinajstić information content (AvgIpc) is 3.09. The van der Waals surface area contributed by atoms with E-state index >= 15 is 0 Å². The zero-order valence-corrected chi connectivity index (χ0v) is 16.1. The number of hydrogen-bond acceptors (Lipinski definition) is 6. The lowest BCUT2D eigenvalue weighted by atomic mass is 10.1. The average molecular weight is 385 g/mol. The number of thiophene rings is 1. The monoisotopic (exact) mass is 385 g/mol. The smallest absolute Gasteiger partial charge is 0.337 e. The quantitative estimate of drug-likeness (QED) is 0.682. The van der Waals surface area contributed by atoms with E-state index < -0.39 is 5.97 Å². The number of rotatable bonds is 5. The third-order valence-electron chi connectivity index (χ3n) is 4.16. The molecule has 0 atom stereocenters. The number of amides is 1. The van der Waals surface area contributed by atoms with Gasteiger partial charge in [-0.2, -0.15) is 0 Å². The molecule has 0 saturated heterocycles. The second-order valence-corrected chi connectivity index (χ2v) is 7.15. The van der Waals surface area contributed by atoms with Crippen LogP contribution in [0.4, 0.5) is 5.69 Å². The molecule has 1 N–H and O–H groups in total. The normalized spacial score (nSPS) is 10.8. The van der Waals surface area contributed by atoms with Crippen molar-refractivity contribution < 1.29 is 14.3 Å². The minimum Gasteiger partial charge on any atom is -0.465 e. The van der Waals surface area contributed by atoms with Crippen LogP contribution in [-0.2, 0) is 22.5 Å². The molecule has 0 aliphatic rings. The van der Waals surface area contributed by atoms with E-state index in [0.29, 0.717) is 21.5 Å². The summed E-state index contributed by atoms with van der Waals surface area (Å²) < 4.78 is 5.98. The molecule has 0 aliphatic carbocycles. The van der Waals surface area contributed by atoms with Crippen LogP contribution in [-0.4, -0.2) is 28.5 Å². The van der Waals surface area contributed by atoms with E-state index in [4.69, 9.17) is 4.74 Å². The summed E-state index contributed by atoms with van der Waals surface area (Å²) in [5.74, 6) is -0.866. The molecular formula is C19H19N3O4S. The number of fused-ring (bicyclic) bond motifs is 1. The third-order valence-corrected chi connectivity index (χ3v) is 5.35. The molecule has 0 aliphatic heterocycles. The number of aromatic nitrogens is 2. The highest BCUT2D eigenvalue weighted by Gasteiger charge is 2.13. The van der Waals surface area contributed by atoms with Crippen molar-refractivity contribution in [3.05, 3.63) is 57.0 Å². The number of anilines is 1. The molecule has 0 saturated carbocycles. The van der Waals surface area contributed by atoms with Gasteiger partial charge in [-0.25, -0.2) is 9.78 Å². The van der Waals surface area contributed by atoms with E-state index in [1.54, 1.807) is 18.2 Å². The molecule has 0 spiro atoms. The number of aryl methyl sites for hydroxylation is 2. The number of ether oxygens (including phenoxy) is 1. The van der Waals surface area contributed by atoms with Gasteiger partial charge in [-0.15, -0.1) is 11.3 Å². The summed E-state index contributed by atoms with van der Waals surface area (Å²) in [4.78, 5) is 42.7. The van der Waals surface area contributed by atoms with Gasteiger partial charge in [-0.05, 0) is 37.1 Å². The van der Waals surface area contributed by atoms with Crippen molar-refractivity contribution in [2.75, 3.05) is 12.4 Å². The molecule has 27 heavy (non-hydrogen) atoms. The fourth-order valence-electron chi connectivity index (χ4n) is 2.64. The standard InChI is InChI=1S/C19H19N3O4S/c1-4-13-8-14-17(27-13)20-10-22(18(14)24)9-16(23)21-15-7-12(19(25)26-3)6-5-11(15)2/h5-8,10H,4,9H2,1-3H3,(H,21,23). The zero-order valence-electron chi connectivity index (χ0n) is 15.2. The van der Waals surface area contributed by atoms with Crippen LogP contribution in [0.5, 0.6) is 0 Å². The molecule has 2 heterocycles. The Morgan fingerprint density at radius 2 is 2.07 bits per heavy atom. The number of hydrogen-bond donors (Lipinski definition) is 1. The van der Waals surface area contributed by atoms with Crippen LogP contribution in [0.3, 0.4) is 0 Å². The number of esters is 1. The van der Waals surface area contributed by atoms with Gasteiger partial charge in [0.05, 0.1) is 24.4 Å². The molecule has 1 aromatic carbocycles. The Morgan fingerprint density at radius 3 is 2.78 bits per heavy atom. The Labute approximate surface area is 159 Å². The van der Waals surface area contributed by atoms with Crippen LogP contribution in [0.25, 0.3) is 10.2 Å². The lowest BCUT2D eigenvalue weighted by Crippen LogP contribution is -2.27. The summed E-state index contributed by atoms with van der Waals surface area (Å²) >= 11 is 1.48. The molecule has 0 bridgehead atoms. The predicted molar refractivity (Wildman–Crippen MR) is 104 cm³/mol. The maximum atomic E-state index is 12.6. The van der Waals surface area contributed by atoms with Crippen molar-refractivity contribution in [1.29, 1.82) is 0 Å². The molecule has 8 heteroatoms. The van der Waals surface area contributed by atoms with E-state index in [1.165, 1.54) is 29.3 Å². The van der Waals surface area contributed by atoms with Gasteiger partial charge in [0.1, 0.15) is 11.4 Å². The van der Waals surface area contributed by atoms with Gasteiger partial charge < -0.3 is 10.1 Å². The first kappa shape index (κ1) is 18.8.